The number of benzene rings is 2. The third-order valence-electron chi connectivity index (χ3n) is 6.71. The Morgan fingerprint density at radius 3 is 2.61 bits per heavy atom. The van der Waals surface area contributed by atoms with Gasteiger partial charge in [-0.15, -0.1) is 10.2 Å². The van der Waals surface area contributed by atoms with Gasteiger partial charge in [-0.2, -0.15) is 0 Å². The zero-order valence-electron chi connectivity index (χ0n) is 19.6. The molecule has 2 aliphatic rings. The lowest BCUT2D eigenvalue weighted by molar-refractivity contribution is -0.114. The van der Waals surface area contributed by atoms with Crippen molar-refractivity contribution in [1.29, 1.82) is 0 Å². The first-order valence-electron chi connectivity index (χ1n) is 11.7. The smallest absolute Gasteiger partial charge is 0.221 e. The van der Waals surface area contributed by atoms with Gasteiger partial charge >= 0.3 is 0 Å². The molecule has 0 fully saturated rings. The first kappa shape index (κ1) is 22.6. The molecule has 4 heterocycles. The predicted octanol–water partition coefficient (Wildman–Crippen LogP) is 3.19. The maximum absolute atomic E-state index is 13.3. The molecule has 2 aliphatic heterocycles. The highest BCUT2D eigenvalue weighted by Crippen LogP contribution is 2.41. The van der Waals surface area contributed by atoms with E-state index in [0.717, 1.165) is 28.1 Å². The van der Waals surface area contributed by atoms with E-state index >= 15 is 0 Å². The largest absolute Gasteiger partial charge is 0.325 e. The Labute approximate surface area is 208 Å². The fraction of sp³-hybridized carbons (Fsp3) is 0.231. The third-order valence-corrected chi connectivity index (χ3v) is 8.44. The van der Waals surface area contributed by atoms with Crippen LogP contribution in [0.15, 0.2) is 71.9 Å². The summed E-state index contributed by atoms with van der Waals surface area (Å²) in [4.78, 5) is 18.4. The number of sulfone groups is 1. The Kier molecular flexibility index (Phi) is 5.42. The highest BCUT2D eigenvalue weighted by Gasteiger charge is 2.36. The molecule has 182 valence electrons. The quantitative estimate of drug-likeness (QED) is 0.460. The number of carbonyl (C=O) groups is 1. The van der Waals surface area contributed by atoms with E-state index in [1.54, 1.807) is 24.5 Å². The average molecular weight is 501 g/mol. The van der Waals surface area contributed by atoms with Crippen LogP contribution in [0.4, 0.5) is 5.69 Å². The van der Waals surface area contributed by atoms with E-state index in [4.69, 9.17) is 0 Å². The molecular weight excluding hydrogens is 476 g/mol. The number of aromatic nitrogens is 4. The fourth-order valence-electron chi connectivity index (χ4n) is 5.21. The molecule has 9 nitrogen and oxygen atoms in total. The van der Waals surface area contributed by atoms with E-state index in [0.29, 0.717) is 36.0 Å². The van der Waals surface area contributed by atoms with Crippen LogP contribution in [-0.4, -0.2) is 45.5 Å². The highest BCUT2D eigenvalue weighted by molar-refractivity contribution is 7.90. The first-order valence-corrected chi connectivity index (χ1v) is 13.3. The number of hydrogen-bond acceptors (Lipinski definition) is 7. The van der Waals surface area contributed by atoms with Crippen molar-refractivity contribution in [1.82, 2.24) is 24.6 Å². The minimum atomic E-state index is -3.47. The van der Waals surface area contributed by atoms with E-state index in [1.807, 2.05) is 42.5 Å². The molecule has 1 unspecified atom stereocenters. The predicted molar refractivity (Wildman–Crippen MR) is 134 cm³/mol. The van der Waals surface area contributed by atoms with Gasteiger partial charge in [0.15, 0.2) is 15.7 Å². The van der Waals surface area contributed by atoms with Crippen LogP contribution in [0.2, 0.25) is 0 Å². The van der Waals surface area contributed by atoms with Crippen molar-refractivity contribution in [3.05, 3.63) is 89.5 Å². The Morgan fingerprint density at radius 2 is 1.78 bits per heavy atom. The number of carbonyl (C=O) groups excluding carboxylic acids is 1. The van der Waals surface area contributed by atoms with Crippen molar-refractivity contribution >= 4 is 21.4 Å². The number of pyridine rings is 1. The Hall–Kier alpha value is -3.89. The van der Waals surface area contributed by atoms with Gasteiger partial charge in [0.25, 0.3) is 0 Å². The number of amides is 1. The summed E-state index contributed by atoms with van der Waals surface area (Å²) in [5.74, 6) is 1.30. The van der Waals surface area contributed by atoms with Crippen LogP contribution in [0, 0.1) is 0 Å². The second kappa shape index (κ2) is 8.65. The maximum atomic E-state index is 13.3. The summed E-state index contributed by atoms with van der Waals surface area (Å²) in [5, 5.41) is 11.7. The molecule has 0 saturated carbocycles. The second-order valence-corrected chi connectivity index (χ2v) is 11.1. The molecule has 10 heteroatoms. The van der Waals surface area contributed by atoms with Gasteiger partial charge in [0.1, 0.15) is 5.82 Å². The molecule has 1 N–H and O–H groups in total. The highest BCUT2D eigenvalue weighted by atomic mass is 32.2. The monoisotopic (exact) mass is 500 g/mol. The van der Waals surface area contributed by atoms with Gasteiger partial charge in [0.2, 0.25) is 5.91 Å². The summed E-state index contributed by atoms with van der Waals surface area (Å²) >= 11 is 0. The molecule has 4 aromatic rings. The van der Waals surface area contributed by atoms with Crippen molar-refractivity contribution < 1.29 is 13.2 Å². The molecule has 0 aliphatic carbocycles. The molecular formula is C26H24N6O3S. The molecule has 0 radical (unpaired) electrons. The van der Waals surface area contributed by atoms with Crippen LogP contribution in [0.25, 0.3) is 11.4 Å². The molecule has 2 aromatic heterocycles. The van der Waals surface area contributed by atoms with Crippen LogP contribution in [0.5, 0.6) is 0 Å². The SMILES string of the molecule is CC(=O)Nc1cncc(-c2nnc3n2CCN(C2c4ccccc4CS(=O)(=O)c4ccccc42)C3)c1. The van der Waals surface area contributed by atoms with Gasteiger partial charge < -0.3 is 9.88 Å². The lowest BCUT2D eigenvalue weighted by Crippen LogP contribution is -2.37. The van der Waals surface area contributed by atoms with Gasteiger partial charge in [-0.05, 0) is 28.8 Å². The summed E-state index contributed by atoms with van der Waals surface area (Å²) in [6.07, 6.45) is 3.30. The van der Waals surface area contributed by atoms with Gasteiger partial charge in [0.05, 0.1) is 35.1 Å². The lowest BCUT2D eigenvalue weighted by Gasteiger charge is -2.36. The first-order chi connectivity index (χ1) is 17.4. The van der Waals surface area contributed by atoms with E-state index in [9.17, 15) is 13.2 Å². The van der Waals surface area contributed by atoms with Gasteiger partial charge in [0, 0.05) is 31.8 Å². The number of fused-ring (bicyclic) bond motifs is 3. The number of nitrogens with one attached hydrogen (secondary N) is 1. The standard InChI is InChI=1S/C26H24N6O3S/c1-17(33)28-20-12-19(13-27-14-20)26-30-29-24-15-31(10-11-32(24)26)25-21-7-3-2-6-18(21)16-36(34,35)23-9-5-4-8-22(23)25/h2-9,12-14,25H,10-11,15-16H2,1H3,(H,28,33). The topological polar surface area (TPSA) is 110 Å². The number of nitrogens with zero attached hydrogens (tertiary/aromatic N) is 5. The van der Waals surface area contributed by atoms with E-state index < -0.39 is 9.84 Å². The number of anilines is 1. The number of rotatable bonds is 3. The summed E-state index contributed by atoms with van der Waals surface area (Å²) in [5.41, 5.74) is 3.99. The van der Waals surface area contributed by atoms with E-state index in [2.05, 4.69) is 30.0 Å². The van der Waals surface area contributed by atoms with Crippen LogP contribution in [0.1, 0.15) is 35.5 Å². The molecule has 2 aromatic carbocycles. The van der Waals surface area contributed by atoms with Crippen LogP contribution in [-0.2, 0) is 33.5 Å². The fourth-order valence-corrected chi connectivity index (χ4v) is 6.86. The van der Waals surface area contributed by atoms with Crippen LogP contribution >= 0.6 is 0 Å². The maximum Gasteiger partial charge on any atom is 0.221 e. The molecule has 1 amide bonds. The zero-order valence-corrected chi connectivity index (χ0v) is 20.4. The Balaban J connectivity index is 1.39. The molecule has 0 spiro atoms. The summed E-state index contributed by atoms with van der Waals surface area (Å²) in [7, 11) is -3.47. The van der Waals surface area contributed by atoms with Gasteiger partial charge in [-0.3, -0.25) is 14.7 Å². The van der Waals surface area contributed by atoms with Crippen molar-refractivity contribution in [3.63, 3.8) is 0 Å². The Bertz CT molecular complexity index is 1600. The summed E-state index contributed by atoms with van der Waals surface area (Å²) in [6.45, 7) is 3.29. The number of hydrogen-bond donors (Lipinski definition) is 1. The lowest BCUT2D eigenvalue weighted by atomic mass is 9.93. The average Bonchev–Trinajstić information content (AvgIpc) is 3.24. The van der Waals surface area contributed by atoms with Crippen LogP contribution < -0.4 is 5.32 Å². The van der Waals surface area contributed by atoms with Crippen molar-refractivity contribution in [3.8, 4) is 11.4 Å². The van der Waals surface area contributed by atoms with Crippen LogP contribution in [0.3, 0.4) is 0 Å². The minimum absolute atomic E-state index is 0.0114. The molecule has 36 heavy (non-hydrogen) atoms. The normalized spacial score (nSPS) is 18.4. The Morgan fingerprint density at radius 1 is 1.00 bits per heavy atom. The van der Waals surface area contributed by atoms with Gasteiger partial charge in [-0.25, -0.2) is 8.42 Å². The van der Waals surface area contributed by atoms with E-state index in [-0.39, 0.29) is 17.7 Å². The third kappa shape index (κ3) is 3.88. The second-order valence-electron chi connectivity index (χ2n) is 9.10. The summed E-state index contributed by atoms with van der Waals surface area (Å²) < 4.78 is 28.6. The summed E-state index contributed by atoms with van der Waals surface area (Å²) in [6, 6.07) is 16.7. The van der Waals surface area contributed by atoms with Crippen molar-refractivity contribution in [2.24, 2.45) is 0 Å². The molecule has 0 bridgehead atoms. The molecule has 1 atom stereocenters. The van der Waals surface area contributed by atoms with E-state index in [1.165, 1.54) is 6.92 Å². The van der Waals surface area contributed by atoms with Gasteiger partial charge in [-0.1, -0.05) is 42.5 Å². The molecule has 6 rings (SSSR count). The molecule has 0 saturated heterocycles. The minimum Gasteiger partial charge on any atom is -0.325 e. The van der Waals surface area contributed by atoms with Crippen molar-refractivity contribution in [2.75, 3.05) is 11.9 Å². The van der Waals surface area contributed by atoms with Crippen molar-refractivity contribution in [2.45, 2.75) is 36.7 Å². The zero-order chi connectivity index (χ0) is 24.9.